The molecule has 0 radical (unpaired) electrons. The lowest BCUT2D eigenvalue weighted by Gasteiger charge is -1.95. The van der Waals surface area contributed by atoms with Crippen molar-refractivity contribution < 1.29 is 29.5 Å². The van der Waals surface area contributed by atoms with Crippen LogP contribution in [0, 0.1) is 0 Å². The zero-order valence-electron chi connectivity index (χ0n) is 13.1. The van der Waals surface area contributed by atoms with Crippen LogP contribution in [0.5, 0.6) is 0 Å². The Labute approximate surface area is 67.4 Å². The first-order valence-corrected chi connectivity index (χ1v) is 3.00. The Morgan fingerprint density at radius 1 is 1.89 bits per heavy atom. The summed E-state index contributed by atoms with van der Waals surface area (Å²) in [5.41, 5.74) is 0. The normalized spacial score (nSPS) is 32.8. The van der Waals surface area contributed by atoms with Crippen LogP contribution >= 0.6 is 0 Å². The lowest BCUT2D eigenvalue weighted by atomic mass is 10.4. The van der Waals surface area contributed by atoms with Crippen molar-refractivity contribution in [1.82, 2.24) is 0 Å². The van der Waals surface area contributed by atoms with Crippen molar-refractivity contribution in [2.24, 2.45) is 0 Å². The molecular weight excluding hydrogens is 144 g/mol. The molecule has 0 heterocycles. The van der Waals surface area contributed by atoms with Crippen LogP contribution in [0.15, 0.2) is 0 Å². The summed E-state index contributed by atoms with van der Waals surface area (Å²) in [5.74, 6) is 0. The van der Waals surface area contributed by atoms with Gasteiger partial charge in [0.15, 0.2) is 0 Å². The fourth-order valence-electron chi connectivity index (χ4n) is 0.0990. The molecular formula is C4H10O4S. The molecule has 56 valence electrons. The average Bonchev–Trinajstić information content (AvgIpc) is 1.95. The lowest BCUT2D eigenvalue weighted by molar-refractivity contribution is 0.264. The Bertz CT molecular complexity index is 409. The molecule has 0 bridgehead atoms. The van der Waals surface area contributed by atoms with E-state index in [1.807, 2.05) is 0 Å². The molecule has 0 rings (SSSR count). The van der Waals surface area contributed by atoms with Crippen molar-refractivity contribution in [3.8, 4) is 0 Å². The van der Waals surface area contributed by atoms with Crippen molar-refractivity contribution in [3.63, 3.8) is 0 Å². The maximum atomic E-state index is 10.3. The zero-order valence-corrected chi connectivity index (χ0v) is 4.90. The number of hydrogen-bond donors (Lipinski definition) is 1. The average molecular weight is 163 g/mol. The van der Waals surface area contributed by atoms with Gasteiger partial charge in [-0.15, -0.1) is 0 Å². The second-order valence-electron chi connectivity index (χ2n) is 0.863. The van der Waals surface area contributed by atoms with Gasteiger partial charge in [0, 0.05) is 9.60 Å². The predicted molar refractivity (Wildman–Crippen MR) is 32.4 cm³/mol. The summed E-state index contributed by atoms with van der Waals surface area (Å²) in [7, 11) is -5.44. The molecule has 1 N–H and O–H groups in total. The van der Waals surface area contributed by atoms with E-state index in [0.29, 0.717) is 0 Å². The van der Waals surface area contributed by atoms with Crippen LogP contribution in [0.1, 0.15) is 31.9 Å². The van der Waals surface area contributed by atoms with Gasteiger partial charge in [0.25, 0.3) is 0 Å². The Kier molecular flexibility index (Phi) is 0.818. The first kappa shape index (κ1) is 1.93. The largest absolute Gasteiger partial charge is 0.397 e. The molecule has 0 aliphatic rings. The first-order chi connectivity index (χ1) is 7.46. The van der Waals surface area contributed by atoms with Crippen molar-refractivity contribution in [2.45, 2.75) is 19.6 Å². The molecule has 0 fully saturated rings. The Hall–Kier alpha value is -0.130. The van der Waals surface area contributed by atoms with Crippen LogP contribution in [-0.2, 0) is 14.6 Å². The lowest BCUT2D eigenvalue weighted by Crippen LogP contribution is -2.04. The molecule has 9 heavy (non-hydrogen) atoms. The van der Waals surface area contributed by atoms with Crippen molar-refractivity contribution in [3.05, 3.63) is 0 Å². The van der Waals surface area contributed by atoms with E-state index < -0.39 is 36.6 Å². The van der Waals surface area contributed by atoms with Crippen LogP contribution in [0.2, 0.25) is 0 Å². The summed E-state index contributed by atoms with van der Waals surface area (Å²) >= 11 is 0. The fourth-order valence-corrected chi connectivity index (χ4v) is 0.246. The molecule has 0 unspecified atom stereocenters. The maximum absolute atomic E-state index is 10.3. The molecule has 0 aromatic heterocycles. The van der Waals surface area contributed by atoms with Gasteiger partial charge in [0.05, 0.1) is 9.30 Å². The highest BCUT2D eigenvalue weighted by atomic mass is 32.3. The SMILES string of the molecule is [2H]C([2H])([2H])C([2H])([2H])C([2H])([2H])C([2H])([2H])OS(=O)(=O)O. The van der Waals surface area contributed by atoms with Gasteiger partial charge >= 0.3 is 10.4 Å². The van der Waals surface area contributed by atoms with Gasteiger partial charge in [-0.05, 0) is 6.37 Å². The third-order valence-corrected chi connectivity index (χ3v) is 0.554. The third kappa shape index (κ3) is 7.87. The minimum absolute atomic E-state index is 3.37. The van der Waals surface area contributed by atoms with Gasteiger partial charge in [-0.3, -0.25) is 4.55 Å². The van der Waals surface area contributed by atoms with Crippen LogP contribution in [-0.4, -0.2) is 19.5 Å². The van der Waals surface area contributed by atoms with Crippen LogP contribution < -0.4 is 0 Å². The maximum Gasteiger partial charge on any atom is 0.397 e. The van der Waals surface area contributed by atoms with Crippen molar-refractivity contribution in [1.29, 1.82) is 0 Å². The molecule has 0 spiro atoms. The Balaban J connectivity index is 5.64. The van der Waals surface area contributed by atoms with Gasteiger partial charge in [-0.1, -0.05) is 13.2 Å². The Morgan fingerprint density at radius 2 is 2.56 bits per heavy atom. The highest BCUT2D eigenvalue weighted by molar-refractivity contribution is 7.80. The molecule has 0 atom stereocenters. The van der Waals surface area contributed by atoms with Gasteiger partial charge in [-0.2, -0.15) is 8.42 Å². The molecule has 0 aliphatic carbocycles. The van der Waals surface area contributed by atoms with Gasteiger partial charge in [0.2, 0.25) is 0 Å². The van der Waals surface area contributed by atoms with Gasteiger partial charge in [0.1, 0.15) is 0 Å². The summed E-state index contributed by atoms with van der Waals surface area (Å²) in [4.78, 5) is 0. The smallest absolute Gasteiger partial charge is 0.264 e. The third-order valence-electron chi connectivity index (χ3n) is 0.261. The first-order valence-electron chi connectivity index (χ1n) is 6.14. The van der Waals surface area contributed by atoms with Gasteiger partial charge in [-0.25, -0.2) is 4.18 Å². The summed E-state index contributed by atoms with van der Waals surface area (Å²) in [6, 6.07) is 0. The second-order valence-corrected chi connectivity index (χ2v) is 1.89. The monoisotopic (exact) mass is 163 g/mol. The molecule has 0 amide bonds. The van der Waals surface area contributed by atoms with E-state index in [1.165, 1.54) is 0 Å². The quantitative estimate of drug-likeness (QED) is 0.617. The minimum Gasteiger partial charge on any atom is -0.264 e. The van der Waals surface area contributed by atoms with E-state index >= 15 is 0 Å². The van der Waals surface area contributed by atoms with Crippen LogP contribution in [0.25, 0.3) is 0 Å². The van der Waals surface area contributed by atoms with E-state index in [4.69, 9.17) is 16.9 Å². The highest BCUT2D eigenvalue weighted by Crippen LogP contribution is 1.91. The molecule has 5 heteroatoms. The van der Waals surface area contributed by atoms with E-state index in [-0.39, 0.29) is 0 Å². The van der Waals surface area contributed by atoms with E-state index in [1.54, 1.807) is 0 Å². The number of rotatable bonds is 4. The topological polar surface area (TPSA) is 63.6 Å². The predicted octanol–water partition coefficient (Wildman–Crippen LogP) is 0.606. The Morgan fingerprint density at radius 3 is 3.00 bits per heavy atom. The highest BCUT2D eigenvalue weighted by Gasteiger charge is 2.00. The molecule has 0 saturated heterocycles. The standard InChI is InChI=1S/C4H10O4S/c1-2-3-4-8-9(5,6)7/h2-4H2,1H3,(H,5,6,7)/i1D3,2D2,3D2,4D2. The number of hydrogen-bond acceptors (Lipinski definition) is 3. The van der Waals surface area contributed by atoms with Crippen molar-refractivity contribution >= 4 is 10.4 Å². The minimum atomic E-state index is -5.44. The summed E-state index contributed by atoms with van der Waals surface area (Å²) in [5, 5.41) is 0. The molecule has 0 aliphatic heterocycles. The van der Waals surface area contributed by atoms with Crippen LogP contribution in [0.3, 0.4) is 0 Å². The second kappa shape index (κ2) is 3.81. The molecule has 0 aromatic rings. The summed E-state index contributed by atoms with van der Waals surface area (Å²) in [6.07, 6.45) is -7.63. The van der Waals surface area contributed by atoms with Crippen molar-refractivity contribution in [2.75, 3.05) is 6.56 Å². The molecule has 4 nitrogen and oxygen atoms in total. The summed E-state index contributed by atoms with van der Waals surface area (Å²) < 4.78 is 95.0. The van der Waals surface area contributed by atoms with Crippen LogP contribution in [0.4, 0.5) is 0 Å². The van der Waals surface area contributed by atoms with E-state index in [0.717, 1.165) is 0 Å². The fraction of sp³-hybridized carbons (Fsp3) is 1.00. The molecule has 0 saturated carbocycles. The van der Waals surface area contributed by atoms with Gasteiger partial charge < -0.3 is 0 Å². The summed E-state index contributed by atoms with van der Waals surface area (Å²) in [6.45, 7) is -7.50. The zero-order chi connectivity index (χ0) is 15.2. The van der Waals surface area contributed by atoms with E-state index in [9.17, 15) is 8.42 Å². The van der Waals surface area contributed by atoms with E-state index in [2.05, 4.69) is 4.18 Å². The molecule has 0 aromatic carbocycles.